The van der Waals surface area contributed by atoms with Crippen molar-refractivity contribution in [2.75, 3.05) is 26.3 Å². The van der Waals surface area contributed by atoms with Crippen LogP contribution in [0.1, 0.15) is 25.3 Å². The molecular formula is C17H23Cl2N3O. The van der Waals surface area contributed by atoms with Crippen LogP contribution in [0.2, 0.25) is 10.0 Å². The Bertz CT molecular complexity index is 596. The van der Waals surface area contributed by atoms with Crippen molar-refractivity contribution in [3.8, 4) is 0 Å². The number of nitrogens with one attached hydrogen (secondary N) is 1. The first-order valence-electron chi connectivity index (χ1n) is 7.64. The molecule has 1 aromatic rings. The molecule has 1 fully saturated rings. The lowest BCUT2D eigenvalue weighted by molar-refractivity contribution is 0.0531. The molecule has 0 aromatic heterocycles. The minimum Gasteiger partial charge on any atom is -0.381 e. The molecule has 1 aromatic carbocycles. The van der Waals surface area contributed by atoms with Gasteiger partial charge in [0, 0.05) is 35.2 Å². The first-order chi connectivity index (χ1) is 10.9. The van der Waals surface area contributed by atoms with Gasteiger partial charge in [0.1, 0.15) is 0 Å². The fraction of sp³-hybridized carbons (Fsp3) is 0.471. The number of ether oxygens (including phenoxy) is 1. The molecule has 0 amide bonds. The van der Waals surface area contributed by atoms with Crippen LogP contribution in [0.25, 0.3) is 0 Å². The second-order valence-corrected chi connectivity index (χ2v) is 6.87. The molecule has 0 radical (unpaired) electrons. The maximum atomic E-state index is 6.44. The molecule has 1 aliphatic rings. The van der Waals surface area contributed by atoms with Crippen molar-refractivity contribution in [1.82, 2.24) is 5.32 Å². The first kappa shape index (κ1) is 18.1. The van der Waals surface area contributed by atoms with Gasteiger partial charge in [-0.2, -0.15) is 0 Å². The largest absolute Gasteiger partial charge is 0.381 e. The Morgan fingerprint density at radius 1 is 1.39 bits per heavy atom. The number of nitrogens with zero attached hydrogens (tertiary/aromatic N) is 1. The molecule has 1 aliphatic heterocycles. The van der Waals surface area contributed by atoms with E-state index >= 15 is 0 Å². The van der Waals surface area contributed by atoms with Crippen LogP contribution in [0.3, 0.4) is 0 Å². The summed E-state index contributed by atoms with van der Waals surface area (Å²) in [4.78, 5) is 4.53. The lowest BCUT2D eigenvalue weighted by Gasteiger charge is -2.37. The van der Waals surface area contributed by atoms with Crippen LogP contribution in [0, 0.1) is 0 Å². The summed E-state index contributed by atoms with van der Waals surface area (Å²) < 4.78 is 5.52. The fourth-order valence-corrected chi connectivity index (χ4v) is 3.34. The highest BCUT2D eigenvalue weighted by molar-refractivity contribution is 6.35. The fourth-order valence-electron chi connectivity index (χ4n) is 2.73. The quantitative estimate of drug-likeness (QED) is 0.482. The minimum absolute atomic E-state index is 0.171. The molecule has 4 nitrogen and oxygen atoms in total. The summed E-state index contributed by atoms with van der Waals surface area (Å²) in [5.41, 5.74) is 7.84. The average Bonchev–Trinajstić information content (AvgIpc) is 2.51. The molecule has 0 unspecified atom stereocenters. The summed E-state index contributed by atoms with van der Waals surface area (Å²) >= 11 is 12.5. The van der Waals surface area contributed by atoms with E-state index in [4.69, 9.17) is 33.7 Å². The molecule has 126 valence electrons. The van der Waals surface area contributed by atoms with E-state index in [0.717, 1.165) is 24.0 Å². The van der Waals surface area contributed by atoms with Crippen molar-refractivity contribution in [2.24, 2.45) is 10.7 Å². The Morgan fingerprint density at radius 2 is 2.09 bits per heavy atom. The number of aliphatic imine (C=N–C) groups is 1. The van der Waals surface area contributed by atoms with Crippen LogP contribution >= 0.6 is 23.2 Å². The molecule has 23 heavy (non-hydrogen) atoms. The van der Waals surface area contributed by atoms with Gasteiger partial charge in [-0.05, 0) is 37.5 Å². The van der Waals surface area contributed by atoms with Gasteiger partial charge in [0.05, 0.1) is 6.54 Å². The Labute approximate surface area is 147 Å². The zero-order valence-electron chi connectivity index (χ0n) is 13.4. The minimum atomic E-state index is -0.171. The standard InChI is InChI=1S/C17H23Cl2N3O/c1-12(2)10-21-16(20)22-11-17(5-7-23-8-6-17)14-4-3-13(18)9-15(14)19/h3-4,9H,1,5-8,10-11H2,2H3,(H3,20,21,22). The molecule has 0 aliphatic carbocycles. The number of hydrogen-bond acceptors (Lipinski definition) is 2. The van der Waals surface area contributed by atoms with Crippen molar-refractivity contribution in [2.45, 2.75) is 25.2 Å². The van der Waals surface area contributed by atoms with Gasteiger partial charge in [0.15, 0.2) is 5.96 Å². The number of nitrogens with two attached hydrogens (primary N) is 1. The average molecular weight is 356 g/mol. The van der Waals surface area contributed by atoms with Gasteiger partial charge in [-0.15, -0.1) is 0 Å². The smallest absolute Gasteiger partial charge is 0.188 e. The number of hydrogen-bond donors (Lipinski definition) is 2. The summed E-state index contributed by atoms with van der Waals surface area (Å²) in [6.07, 6.45) is 1.71. The van der Waals surface area contributed by atoms with E-state index in [1.807, 2.05) is 19.1 Å². The van der Waals surface area contributed by atoms with Gasteiger partial charge in [-0.1, -0.05) is 41.4 Å². The Morgan fingerprint density at radius 3 is 2.70 bits per heavy atom. The van der Waals surface area contributed by atoms with Gasteiger partial charge in [-0.3, -0.25) is 4.99 Å². The SMILES string of the molecule is C=C(C)CNC(N)=NCC1(c2ccc(Cl)cc2Cl)CCOCC1. The summed E-state index contributed by atoms with van der Waals surface area (Å²) in [5, 5.41) is 4.36. The molecule has 0 atom stereocenters. The summed E-state index contributed by atoms with van der Waals surface area (Å²) in [7, 11) is 0. The summed E-state index contributed by atoms with van der Waals surface area (Å²) in [6.45, 7) is 8.33. The van der Waals surface area contributed by atoms with Crippen molar-refractivity contribution < 1.29 is 4.74 Å². The van der Waals surface area contributed by atoms with Crippen molar-refractivity contribution in [1.29, 1.82) is 0 Å². The molecule has 0 spiro atoms. The van der Waals surface area contributed by atoms with Crippen LogP contribution in [-0.4, -0.2) is 32.3 Å². The van der Waals surface area contributed by atoms with Crippen LogP contribution < -0.4 is 11.1 Å². The molecule has 3 N–H and O–H groups in total. The summed E-state index contributed by atoms with van der Waals surface area (Å²) in [5.74, 6) is 0.420. The van der Waals surface area contributed by atoms with E-state index in [0.29, 0.717) is 42.3 Å². The van der Waals surface area contributed by atoms with Crippen LogP contribution in [0.4, 0.5) is 0 Å². The van der Waals surface area contributed by atoms with Gasteiger partial charge in [-0.25, -0.2) is 0 Å². The van der Waals surface area contributed by atoms with E-state index in [1.165, 1.54) is 0 Å². The number of rotatable bonds is 5. The third kappa shape index (κ3) is 4.87. The topological polar surface area (TPSA) is 59.6 Å². The van der Waals surface area contributed by atoms with Gasteiger partial charge in [0.2, 0.25) is 0 Å². The van der Waals surface area contributed by atoms with Gasteiger partial charge < -0.3 is 15.8 Å². The summed E-state index contributed by atoms with van der Waals surface area (Å²) in [6, 6.07) is 5.64. The second kappa shape index (κ2) is 8.04. The molecule has 1 saturated heterocycles. The number of guanidine groups is 1. The maximum absolute atomic E-state index is 6.44. The molecule has 0 saturated carbocycles. The third-order valence-corrected chi connectivity index (χ3v) is 4.62. The highest BCUT2D eigenvalue weighted by Gasteiger charge is 2.36. The Kier molecular flexibility index (Phi) is 6.33. The molecule has 0 bridgehead atoms. The van der Waals surface area contributed by atoms with Crippen molar-refractivity contribution in [3.05, 3.63) is 46.0 Å². The lowest BCUT2D eigenvalue weighted by Crippen LogP contribution is -2.39. The highest BCUT2D eigenvalue weighted by Crippen LogP contribution is 2.39. The van der Waals surface area contributed by atoms with E-state index < -0.39 is 0 Å². The Hall–Kier alpha value is -1.23. The zero-order valence-corrected chi connectivity index (χ0v) is 14.9. The van der Waals surface area contributed by atoms with E-state index in [9.17, 15) is 0 Å². The first-order valence-corrected chi connectivity index (χ1v) is 8.40. The van der Waals surface area contributed by atoms with E-state index in [-0.39, 0.29) is 5.41 Å². The van der Waals surface area contributed by atoms with Crippen LogP contribution in [0.5, 0.6) is 0 Å². The van der Waals surface area contributed by atoms with E-state index in [2.05, 4.69) is 16.9 Å². The number of benzene rings is 1. The van der Waals surface area contributed by atoms with Crippen molar-refractivity contribution in [3.63, 3.8) is 0 Å². The number of halogens is 2. The predicted octanol–water partition coefficient (Wildman–Crippen LogP) is 3.52. The molecule has 6 heteroatoms. The predicted molar refractivity (Wildman–Crippen MR) is 97.5 cm³/mol. The van der Waals surface area contributed by atoms with Crippen molar-refractivity contribution >= 4 is 29.2 Å². The van der Waals surface area contributed by atoms with Crippen LogP contribution in [-0.2, 0) is 10.2 Å². The molecular weight excluding hydrogens is 333 g/mol. The zero-order chi connectivity index (χ0) is 16.9. The van der Waals surface area contributed by atoms with Gasteiger partial charge >= 0.3 is 0 Å². The highest BCUT2D eigenvalue weighted by atomic mass is 35.5. The van der Waals surface area contributed by atoms with E-state index in [1.54, 1.807) is 6.07 Å². The molecule has 2 rings (SSSR count). The normalized spacial score (nSPS) is 17.8. The van der Waals surface area contributed by atoms with Gasteiger partial charge in [0.25, 0.3) is 0 Å². The lowest BCUT2D eigenvalue weighted by atomic mass is 9.74. The Balaban J connectivity index is 2.22. The molecule has 1 heterocycles. The second-order valence-electron chi connectivity index (χ2n) is 6.03. The third-order valence-electron chi connectivity index (χ3n) is 4.08. The van der Waals surface area contributed by atoms with Crippen LogP contribution in [0.15, 0.2) is 35.3 Å². The monoisotopic (exact) mass is 355 g/mol. The maximum Gasteiger partial charge on any atom is 0.188 e.